The van der Waals surface area contributed by atoms with Gasteiger partial charge in [0.05, 0.1) is 37.7 Å². The Morgan fingerprint density at radius 1 is 1.06 bits per heavy atom. The molecule has 162 valence electrons. The molecular weight excluding hydrogens is 408 g/mol. The van der Waals surface area contributed by atoms with Crippen molar-refractivity contribution >= 4 is 11.6 Å². The van der Waals surface area contributed by atoms with Gasteiger partial charge in [0.25, 0.3) is 11.5 Å². The minimum atomic E-state index is -0.188. The molecule has 8 nitrogen and oxygen atoms in total. The van der Waals surface area contributed by atoms with Crippen molar-refractivity contribution in [3.05, 3.63) is 81.8 Å². The lowest BCUT2D eigenvalue weighted by Crippen LogP contribution is -2.39. The van der Waals surface area contributed by atoms with Gasteiger partial charge in [0.2, 0.25) is 0 Å². The second-order valence-electron chi connectivity index (χ2n) is 7.59. The van der Waals surface area contributed by atoms with Gasteiger partial charge in [0.1, 0.15) is 0 Å². The van der Waals surface area contributed by atoms with E-state index in [9.17, 15) is 9.59 Å². The molecule has 8 heteroatoms. The Morgan fingerprint density at radius 2 is 1.88 bits per heavy atom. The van der Waals surface area contributed by atoms with E-state index in [1.165, 1.54) is 18.7 Å². The van der Waals surface area contributed by atoms with Gasteiger partial charge in [-0.2, -0.15) is 0 Å². The van der Waals surface area contributed by atoms with Gasteiger partial charge < -0.3 is 14.4 Å². The maximum absolute atomic E-state index is 13.3. The molecule has 3 heterocycles. The standard InChI is InChI=1S/C24H22N4O4/c1-31-20-10-6-9-17(22(20)32-2)23(29)27-12-11-16-19(14-27)25-21-13-18(26-28(21)24(16)30)15-7-4-3-5-8-15/h3-10,13,26H,11-12,14H2,1-2H3. The maximum Gasteiger partial charge on any atom is 0.276 e. The molecule has 0 saturated heterocycles. The molecule has 0 atom stereocenters. The fourth-order valence-corrected chi connectivity index (χ4v) is 4.16. The van der Waals surface area contributed by atoms with E-state index in [0.717, 1.165) is 11.3 Å². The van der Waals surface area contributed by atoms with Crippen LogP contribution in [0.1, 0.15) is 21.6 Å². The number of carbonyl (C=O) groups excluding carboxylic acids is 1. The number of hydrogen-bond donors (Lipinski definition) is 1. The van der Waals surface area contributed by atoms with Crippen LogP contribution in [0.2, 0.25) is 0 Å². The van der Waals surface area contributed by atoms with Crippen molar-refractivity contribution in [1.82, 2.24) is 19.5 Å². The Bertz CT molecular complexity index is 1370. The number of amides is 1. The number of carbonyl (C=O) groups is 1. The Kier molecular flexibility index (Phi) is 4.89. The Balaban J connectivity index is 1.50. The third-order valence-electron chi connectivity index (χ3n) is 5.77. The van der Waals surface area contributed by atoms with Crippen molar-refractivity contribution in [2.45, 2.75) is 13.0 Å². The predicted molar refractivity (Wildman–Crippen MR) is 119 cm³/mol. The zero-order chi connectivity index (χ0) is 22.2. The van der Waals surface area contributed by atoms with Gasteiger partial charge in [0.15, 0.2) is 17.1 Å². The fraction of sp³-hybridized carbons (Fsp3) is 0.208. The van der Waals surface area contributed by atoms with Crippen LogP contribution in [0.4, 0.5) is 0 Å². The molecule has 0 saturated carbocycles. The summed E-state index contributed by atoms with van der Waals surface area (Å²) in [7, 11) is 3.04. The summed E-state index contributed by atoms with van der Waals surface area (Å²) >= 11 is 0. The molecular formula is C24H22N4O4. The molecule has 1 amide bonds. The second-order valence-corrected chi connectivity index (χ2v) is 7.59. The van der Waals surface area contributed by atoms with Gasteiger partial charge >= 0.3 is 0 Å². The summed E-state index contributed by atoms with van der Waals surface area (Å²) < 4.78 is 12.2. The number of methoxy groups -OCH3 is 2. The first-order valence-corrected chi connectivity index (χ1v) is 10.3. The van der Waals surface area contributed by atoms with Crippen LogP contribution in [0, 0.1) is 0 Å². The molecule has 32 heavy (non-hydrogen) atoms. The number of hydrogen-bond acceptors (Lipinski definition) is 5. The van der Waals surface area contributed by atoms with Crippen LogP contribution in [-0.4, -0.2) is 46.2 Å². The molecule has 0 spiro atoms. The first-order chi connectivity index (χ1) is 15.6. The number of aromatic nitrogens is 3. The van der Waals surface area contributed by atoms with Gasteiger partial charge in [0, 0.05) is 18.2 Å². The minimum absolute atomic E-state index is 0.127. The summed E-state index contributed by atoms with van der Waals surface area (Å²) in [6.45, 7) is 0.674. The van der Waals surface area contributed by atoms with Crippen molar-refractivity contribution in [1.29, 1.82) is 0 Å². The number of benzene rings is 2. The van der Waals surface area contributed by atoms with E-state index >= 15 is 0 Å². The summed E-state index contributed by atoms with van der Waals surface area (Å²) in [5, 5.41) is 3.15. The topological polar surface area (TPSA) is 88.9 Å². The molecule has 1 aliphatic heterocycles. The van der Waals surface area contributed by atoms with Crippen LogP contribution >= 0.6 is 0 Å². The number of aromatic amines is 1. The van der Waals surface area contributed by atoms with E-state index in [1.807, 2.05) is 36.4 Å². The summed E-state index contributed by atoms with van der Waals surface area (Å²) in [6, 6.07) is 16.8. The van der Waals surface area contributed by atoms with Gasteiger partial charge in [-0.15, -0.1) is 0 Å². The lowest BCUT2D eigenvalue weighted by atomic mass is 10.0. The minimum Gasteiger partial charge on any atom is -0.493 e. The van der Waals surface area contributed by atoms with Crippen molar-refractivity contribution in [2.24, 2.45) is 0 Å². The average molecular weight is 430 g/mol. The first kappa shape index (κ1) is 19.9. The summed E-state index contributed by atoms with van der Waals surface area (Å²) in [5.41, 5.74) is 3.85. The number of fused-ring (bicyclic) bond motifs is 2. The third kappa shape index (κ3) is 3.20. The normalized spacial score (nSPS) is 13.1. The highest BCUT2D eigenvalue weighted by atomic mass is 16.5. The summed E-state index contributed by atoms with van der Waals surface area (Å²) in [4.78, 5) is 32.8. The largest absolute Gasteiger partial charge is 0.493 e. The Hall–Kier alpha value is -4.07. The molecule has 0 bridgehead atoms. The number of H-pyrrole nitrogens is 1. The van der Waals surface area contributed by atoms with Crippen LogP contribution in [-0.2, 0) is 13.0 Å². The van der Waals surface area contributed by atoms with Crippen LogP contribution in [0.5, 0.6) is 11.5 Å². The van der Waals surface area contributed by atoms with E-state index in [2.05, 4.69) is 5.10 Å². The molecule has 2 aromatic carbocycles. The van der Waals surface area contributed by atoms with E-state index in [4.69, 9.17) is 14.5 Å². The number of nitrogens with one attached hydrogen (secondary N) is 1. The van der Waals surface area contributed by atoms with E-state index in [1.54, 1.807) is 23.1 Å². The average Bonchev–Trinajstić information content (AvgIpc) is 3.27. The fourth-order valence-electron chi connectivity index (χ4n) is 4.16. The van der Waals surface area contributed by atoms with Gasteiger partial charge in [-0.3, -0.25) is 14.7 Å². The SMILES string of the molecule is COc1cccc(C(=O)N2CCc3c(nc4cc(-c5ccccc5)[nH]n4c3=O)C2)c1OC. The van der Waals surface area contributed by atoms with Crippen LogP contribution in [0.25, 0.3) is 16.9 Å². The molecule has 1 N–H and O–H groups in total. The van der Waals surface area contributed by atoms with E-state index in [-0.39, 0.29) is 18.0 Å². The number of rotatable bonds is 4. The predicted octanol–water partition coefficient (Wildman–Crippen LogP) is 2.91. The third-order valence-corrected chi connectivity index (χ3v) is 5.77. The van der Waals surface area contributed by atoms with Crippen molar-refractivity contribution in [2.75, 3.05) is 20.8 Å². The zero-order valence-electron chi connectivity index (χ0n) is 17.8. The molecule has 0 fully saturated rings. The quantitative estimate of drug-likeness (QED) is 0.538. The number of para-hydroxylation sites is 1. The lowest BCUT2D eigenvalue weighted by Gasteiger charge is -2.28. The second kappa shape index (κ2) is 7.88. The molecule has 2 aromatic heterocycles. The Morgan fingerprint density at radius 3 is 2.62 bits per heavy atom. The van der Waals surface area contributed by atoms with Crippen LogP contribution < -0.4 is 15.0 Å². The smallest absolute Gasteiger partial charge is 0.276 e. The van der Waals surface area contributed by atoms with E-state index in [0.29, 0.717) is 46.9 Å². The molecule has 0 radical (unpaired) electrons. The van der Waals surface area contributed by atoms with Crippen molar-refractivity contribution < 1.29 is 14.3 Å². The van der Waals surface area contributed by atoms with Crippen LogP contribution in [0.3, 0.4) is 0 Å². The van der Waals surface area contributed by atoms with Crippen LogP contribution in [0.15, 0.2) is 59.4 Å². The van der Waals surface area contributed by atoms with E-state index < -0.39 is 0 Å². The highest BCUT2D eigenvalue weighted by molar-refractivity contribution is 5.98. The zero-order valence-corrected chi connectivity index (χ0v) is 17.8. The molecule has 4 aromatic rings. The number of nitrogens with zero attached hydrogens (tertiary/aromatic N) is 3. The Labute approximate surface area is 184 Å². The maximum atomic E-state index is 13.3. The van der Waals surface area contributed by atoms with Crippen molar-refractivity contribution in [3.8, 4) is 22.8 Å². The molecule has 5 rings (SSSR count). The highest BCUT2D eigenvalue weighted by Gasteiger charge is 2.28. The summed E-state index contributed by atoms with van der Waals surface area (Å²) in [6.07, 6.45) is 0.432. The number of ether oxygens (including phenoxy) is 2. The molecule has 1 aliphatic rings. The monoisotopic (exact) mass is 430 g/mol. The highest BCUT2D eigenvalue weighted by Crippen LogP contribution is 2.32. The molecule has 0 aliphatic carbocycles. The van der Waals surface area contributed by atoms with Gasteiger partial charge in [-0.05, 0) is 24.1 Å². The van der Waals surface area contributed by atoms with Gasteiger partial charge in [-0.1, -0.05) is 36.4 Å². The lowest BCUT2D eigenvalue weighted by molar-refractivity contribution is 0.0727. The van der Waals surface area contributed by atoms with Gasteiger partial charge in [-0.25, -0.2) is 9.50 Å². The van der Waals surface area contributed by atoms with Crippen molar-refractivity contribution in [3.63, 3.8) is 0 Å². The summed E-state index contributed by atoms with van der Waals surface area (Å²) in [5.74, 6) is 0.703. The first-order valence-electron chi connectivity index (χ1n) is 10.3. The molecule has 0 unspecified atom stereocenters.